The second-order valence-corrected chi connectivity index (χ2v) is 7.39. The number of anilines is 1. The van der Waals surface area contributed by atoms with E-state index in [0.717, 1.165) is 12.1 Å². The third-order valence-corrected chi connectivity index (χ3v) is 4.81. The Kier molecular flexibility index (Phi) is 6.25. The van der Waals surface area contributed by atoms with Gasteiger partial charge < -0.3 is 9.47 Å². The van der Waals surface area contributed by atoms with Gasteiger partial charge in [0.2, 0.25) is 10.0 Å². The van der Waals surface area contributed by atoms with E-state index < -0.39 is 32.5 Å². The van der Waals surface area contributed by atoms with Crippen LogP contribution in [0.2, 0.25) is 5.02 Å². The zero-order chi connectivity index (χ0) is 19.4. The van der Waals surface area contributed by atoms with Crippen LogP contribution in [0.5, 0.6) is 11.5 Å². The zero-order valence-electron chi connectivity index (χ0n) is 13.5. The summed E-state index contributed by atoms with van der Waals surface area (Å²) in [5, 5.41) is -0.511. The van der Waals surface area contributed by atoms with Crippen molar-refractivity contribution in [3.63, 3.8) is 0 Å². The summed E-state index contributed by atoms with van der Waals surface area (Å²) in [6.45, 7) is -0.179. The van der Waals surface area contributed by atoms with Crippen LogP contribution in [0.4, 0.5) is 18.9 Å². The van der Waals surface area contributed by atoms with Gasteiger partial charge in [-0.05, 0) is 42.5 Å². The first-order valence-electron chi connectivity index (χ1n) is 7.25. The topological polar surface area (TPSA) is 64.6 Å². The summed E-state index contributed by atoms with van der Waals surface area (Å²) in [5.41, 5.74) is -1.35. The molecule has 0 atom stereocenters. The standard InChI is InChI=1S/C16H15ClF3NO4S/c1-24-12-3-5-13(6-4-12)25-8-9-26(22,23)21-11-2-7-15(17)14(10-11)16(18,19)20/h2-7,10,21H,8-9H2,1H3. The molecule has 0 aliphatic rings. The maximum atomic E-state index is 12.8. The van der Waals surface area contributed by atoms with Crippen molar-refractivity contribution in [3.05, 3.63) is 53.1 Å². The molecule has 0 aromatic heterocycles. The van der Waals surface area contributed by atoms with E-state index in [1.54, 1.807) is 24.3 Å². The molecule has 2 aromatic rings. The molecular formula is C16H15ClF3NO4S. The molecule has 0 aliphatic heterocycles. The molecule has 0 saturated carbocycles. The second-order valence-electron chi connectivity index (χ2n) is 5.14. The van der Waals surface area contributed by atoms with Crippen molar-refractivity contribution < 1.29 is 31.1 Å². The fourth-order valence-electron chi connectivity index (χ4n) is 1.98. The third-order valence-electron chi connectivity index (χ3n) is 3.23. The first kappa shape index (κ1) is 20.2. The summed E-state index contributed by atoms with van der Waals surface area (Å²) in [4.78, 5) is 0. The molecule has 0 amide bonds. The molecule has 2 rings (SSSR count). The summed E-state index contributed by atoms with van der Waals surface area (Å²) in [6.07, 6.45) is -4.68. The van der Waals surface area contributed by atoms with Crippen molar-refractivity contribution in [2.45, 2.75) is 6.18 Å². The normalized spacial score (nSPS) is 11.9. The molecule has 26 heavy (non-hydrogen) atoms. The average molecular weight is 410 g/mol. The Labute approximate surface area is 153 Å². The molecule has 0 radical (unpaired) electrons. The van der Waals surface area contributed by atoms with Gasteiger partial charge >= 0.3 is 6.18 Å². The van der Waals surface area contributed by atoms with E-state index in [0.29, 0.717) is 17.6 Å². The van der Waals surface area contributed by atoms with Gasteiger partial charge in [0.25, 0.3) is 0 Å². The van der Waals surface area contributed by atoms with E-state index in [1.807, 2.05) is 0 Å². The highest BCUT2D eigenvalue weighted by Gasteiger charge is 2.33. The van der Waals surface area contributed by atoms with Gasteiger partial charge in [-0.25, -0.2) is 8.42 Å². The van der Waals surface area contributed by atoms with E-state index in [1.165, 1.54) is 7.11 Å². The van der Waals surface area contributed by atoms with Gasteiger partial charge in [0.1, 0.15) is 23.9 Å². The van der Waals surface area contributed by atoms with Crippen LogP contribution in [0, 0.1) is 0 Å². The van der Waals surface area contributed by atoms with Gasteiger partial charge in [-0.15, -0.1) is 0 Å². The van der Waals surface area contributed by atoms with Crippen LogP contribution in [-0.4, -0.2) is 27.9 Å². The number of alkyl halides is 3. The molecule has 0 heterocycles. The Morgan fingerprint density at radius 2 is 1.69 bits per heavy atom. The fraction of sp³-hybridized carbons (Fsp3) is 0.250. The molecule has 2 aromatic carbocycles. The van der Waals surface area contributed by atoms with Crippen molar-refractivity contribution >= 4 is 27.3 Å². The average Bonchev–Trinajstić information content (AvgIpc) is 2.56. The van der Waals surface area contributed by atoms with Crippen molar-refractivity contribution in [1.29, 1.82) is 0 Å². The Balaban J connectivity index is 1.98. The Bertz CT molecular complexity index is 855. The maximum absolute atomic E-state index is 12.8. The number of rotatable bonds is 7. The summed E-state index contributed by atoms with van der Waals surface area (Å²) < 4.78 is 74.8. The maximum Gasteiger partial charge on any atom is 0.417 e. The quantitative estimate of drug-likeness (QED) is 0.744. The van der Waals surface area contributed by atoms with Crippen molar-refractivity contribution in [3.8, 4) is 11.5 Å². The van der Waals surface area contributed by atoms with Gasteiger partial charge in [0.05, 0.1) is 17.7 Å². The minimum Gasteiger partial charge on any atom is -0.497 e. The SMILES string of the molecule is COc1ccc(OCCS(=O)(=O)Nc2ccc(Cl)c(C(F)(F)F)c2)cc1. The Morgan fingerprint density at radius 3 is 2.27 bits per heavy atom. The first-order valence-corrected chi connectivity index (χ1v) is 9.28. The largest absolute Gasteiger partial charge is 0.497 e. The summed E-state index contributed by atoms with van der Waals surface area (Å²) in [5.74, 6) is 0.616. The van der Waals surface area contributed by atoms with Crippen LogP contribution < -0.4 is 14.2 Å². The highest BCUT2D eigenvalue weighted by Crippen LogP contribution is 2.36. The van der Waals surface area contributed by atoms with Crippen LogP contribution in [0.1, 0.15) is 5.56 Å². The molecule has 0 unspecified atom stereocenters. The lowest BCUT2D eigenvalue weighted by Gasteiger charge is -2.13. The van der Waals surface area contributed by atoms with Crippen LogP contribution in [0.25, 0.3) is 0 Å². The molecular weight excluding hydrogens is 395 g/mol. The van der Waals surface area contributed by atoms with Gasteiger partial charge in [0, 0.05) is 5.69 Å². The Morgan fingerprint density at radius 1 is 1.08 bits per heavy atom. The zero-order valence-corrected chi connectivity index (χ0v) is 15.1. The first-order chi connectivity index (χ1) is 12.1. The summed E-state index contributed by atoms with van der Waals surface area (Å²) >= 11 is 5.50. The van der Waals surface area contributed by atoms with Crippen molar-refractivity contribution in [2.24, 2.45) is 0 Å². The van der Waals surface area contributed by atoms with E-state index in [-0.39, 0.29) is 12.3 Å². The fourth-order valence-corrected chi connectivity index (χ4v) is 3.09. The van der Waals surface area contributed by atoms with Gasteiger partial charge in [0.15, 0.2) is 0 Å². The molecule has 0 aliphatic carbocycles. The number of sulfonamides is 1. The van der Waals surface area contributed by atoms with Crippen LogP contribution in [-0.2, 0) is 16.2 Å². The van der Waals surface area contributed by atoms with Gasteiger partial charge in [-0.2, -0.15) is 13.2 Å². The molecule has 142 valence electrons. The smallest absolute Gasteiger partial charge is 0.417 e. The number of hydrogen-bond acceptors (Lipinski definition) is 4. The van der Waals surface area contributed by atoms with Crippen molar-refractivity contribution in [1.82, 2.24) is 0 Å². The number of nitrogens with one attached hydrogen (secondary N) is 1. The number of ether oxygens (including phenoxy) is 2. The summed E-state index contributed by atoms with van der Waals surface area (Å²) in [7, 11) is -2.39. The predicted molar refractivity (Wildman–Crippen MR) is 92.4 cm³/mol. The molecule has 0 fully saturated rings. The Hall–Kier alpha value is -2.13. The lowest BCUT2D eigenvalue weighted by molar-refractivity contribution is -0.137. The monoisotopic (exact) mass is 409 g/mol. The lowest BCUT2D eigenvalue weighted by atomic mass is 10.2. The molecule has 1 N–H and O–H groups in total. The van der Waals surface area contributed by atoms with E-state index in [4.69, 9.17) is 21.1 Å². The number of benzene rings is 2. The molecule has 0 spiro atoms. The molecule has 10 heteroatoms. The van der Waals surface area contributed by atoms with Gasteiger partial charge in [-0.3, -0.25) is 4.72 Å². The summed E-state index contributed by atoms with van der Waals surface area (Å²) in [6, 6.07) is 9.28. The molecule has 0 saturated heterocycles. The minimum atomic E-state index is -4.68. The highest BCUT2D eigenvalue weighted by molar-refractivity contribution is 7.92. The third kappa shape index (κ3) is 5.70. The van der Waals surface area contributed by atoms with Crippen LogP contribution in [0.15, 0.2) is 42.5 Å². The number of halogens is 4. The second kappa shape index (κ2) is 8.05. The van der Waals surface area contributed by atoms with E-state index >= 15 is 0 Å². The van der Waals surface area contributed by atoms with Crippen LogP contribution in [0.3, 0.4) is 0 Å². The highest BCUT2D eigenvalue weighted by atomic mass is 35.5. The minimum absolute atomic E-state index is 0.179. The van der Waals surface area contributed by atoms with Crippen LogP contribution >= 0.6 is 11.6 Å². The number of methoxy groups -OCH3 is 1. The molecule has 0 bridgehead atoms. The molecule has 5 nitrogen and oxygen atoms in total. The van der Waals surface area contributed by atoms with Gasteiger partial charge in [-0.1, -0.05) is 11.6 Å². The van der Waals surface area contributed by atoms with E-state index in [2.05, 4.69) is 4.72 Å². The van der Waals surface area contributed by atoms with Crippen molar-refractivity contribution in [2.75, 3.05) is 24.2 Å². The van der Waals surface area contributed by atoms with E-state index in [9.17, 15) is 21.6 Å². The lowest BCUT2D eigenvalue weighted by Crippen LogP contribution is -2.21. The number of hydrogen-bond donors (Lipinski definition) is 1. The predicted octanol–water partition coefficient (Wildman–Crippen LogP) is 4.19.